The number of halogens is 2. The average molecular weight is 318 g/mol. The summed E-state index contributed by atoms with van der Waals surface area (Å²) < 4.78 is 14.4. The zero-order valence-electron chi connectivity index (χ0n) is 11.6. The Bertz CT molecular complexity index is 814. The van der Waals surface area contributed by atoms with Gasteiger partial charge in [0, 0.05) is 12.7 Å². The Morgan fingerprint density at radius 3 is 2.73 bits per heavy atom. The zero-order valence-corrected chi connectivity index (χ0v) is 12.3. The van der Waals surface area contributed by atoms with Gasteiger partial charge in [0.1, 0.15) is 5.82 Å². The molecule has 3 rings (SSSR count). The Morgan fingerprint density at radius 2 is 2.00 bits per heavy atom. The highest BCUT2D eigenvalue weighted by atomic mass is 35.5. The molecule has 0 fully saturated rings. The van der Waals surface area contributed by atoms with E-state index in [9.17, 15) is 9.18 Å². The second-order valence-corrected chi connectivity index (χ2v) is 5.20. The Morgan fingerprint density at radius 1 is 1.23 bits per heavy atom. The number of fused-ring (bicyclic) bond motifs is 1. The lowest BCUT2D eigenvalue weighted by molar-refractivity contribution is 0.0949. The van der Waals surface area contributed by atoms with Crippen molar-refractivity contribution in [3.05, 3.63) is 70.8 Å². The third-order valence-corrected chi connectivity index (χ3v) is 3.68. The first-order valence-corrected chi connectivity index (χ1v) is 7.18. The zero-order chi connectivity index (χ0) is 15.5. The largest absolute Gasteiger partial charge is 0.350 e. The van der Waals surface area contributed by atoms with E-state index in [1.807, 2.05) is 12.1 Å². The van der Waals surface area contributed by atoms with Crippen LogP contribution in [0.15, 0.2) is 48.7 Å². The number of amides is 1. The molecule has 1 amide bonds. The summed E-state index contributed by atoms with van der Waals surface area (Å²) in [6.45, 7) is 0.425. The monoisotopic (exact) mass is 317 g/mol. The highest BCUT2D eigenvalue weighted by Crippen LogP contribution is 2.21. The van der Waals surface area contributed by atoms with Gasteiger partial charge in [-0.3, -0.25) is 4.79 Å². The fraction of sp³-hybridized carbons (Fsp3) is 0.125. The summed E-state index contributed by atoms with van der Waals surface area (Å²) in [4.78, 5) is 12.1. The minimum absolute atomic E-state index is 0.201. The summed E-state index contributed by atoms with van der Waals surface area (Å²) in [5.74, 6) is -0.597. The van der Waals surface area contributed by atoms with Crippen molar-refractivity contribution >= 4 is 23.0 Å². The molecule has 112 valence electrons. The predicted molar refractivity (Wildman–Crippen MR) is 82.6 cm³/mol. The fourth-order valence-corrected chi connectivity index (χ4v) is 2.44. The van der Waals surface area contributed by atoms with Gasteiger partial charge in [0.05, 0.1) is 10.5 Å². The van der Waals surface area contributed by atoms with Crippen molar-refractivity contribution in [2.24, 2.45) is 0 Å². The third-order valence-electron chi connectivity index (χ3n) is 3.31. The van der Waals surface area contributed by atoms with Gasteiger partial charge in [0.2, 0.25) is 0 Å². The SMILES string of the molecule is O=C(NCCc1ccc(F)cc1)c1nn2ccccc2c1Cl. The summed E-state index contributed by atoms with van der Waals surface area (Å²) in [7, 11) is 0. The topological polar surface area (TPSA) is 46.4 Å². The second kappa shape index (κ2) is 6.15. The molecule has 0 saturated heterocycles. The van der Waals surface area contributed by atoms with Crippen molar-refractivity contribution < 1.29 is 9.18 Å². The van der Waals surface area contributed by atoms with Crippen LogP contribution in [0, 0.1) is 5.82 Å². The maximum absolute atomic E-state index is 12.8. The predicted octanol–water partition coefficient (Wildman–Crippen LogP) is 3.10. The summed E-state index contributed by atoms with van der Waals surface area (Å²) in [6, 6.07) is 11.6. The van der Waals surface area contributed by atoms with Crippen molar-refractivity contribution in [3.8, 4) is 0 Å². The van der Waals surface area contributed by atoms with E-state index in [4.69, 9.17) is 11.6 Å². The molecular weight excluding hydrogens is 305 g/mol. The van der Waals surface area contributed by atoms with E-state index < -0.39 is 0 Å². The lowest BCUT2D eigenvalue weighted by atomic mass is 10.1. The molecule has 0 aliphatic heterocycles. The minimum atomic E-state index is -0.323. The molecule has 0 aliphatic rings. The van der Waals surface area contributed by atoms with Crippen LogP contribution >= 0.6 is 11.6 Å². The van der Waals surface area contributed by atoms with Crippen LogP contribution in [-0.2, 0) is 6.42 Å². The number of rotatable bonds is 4. The molecule has 0 unspecified atom stereocenters. The molecule has 0 atom stereocenters. The summed E-state index contributed by atoms with van der Waals surface area (Å²) in [5, 5.41) is 7.28. The second-order valence-electron chi connectivity index (χ2n) is 4.83. The highest BCUT2D eigenvalue weighted by Gasteiger charge is 2.17. The molecule has 6 heteroatoms. The van der Waals surface area contributed by atoms with Crippen LogP contribution < -0.4 is 5.32 Å². The smallest absolute Gasteiger partial charge is 0.273 e. The molecule has 0 radical (unpaired) electrons. The fourth-order valence-electron chi connectivity index (χ4n) is 2.17. The van der Waals surface area contributed by atoms with Crippen molar-refractivity contribution in [3.63, 3.8) is 0 Å². The maximum Gasteiger partial charge on any atom is 0.273 e. The summed E-state index contributed by atoms with van der Waals surface area (Å²) in [6.07, 6.45) is 2.34. The van der Waals surface area contributed by atoms with Crippen molar-refractivity contribution in [1.29, 1.82) is 0 Å². The molecule has 1 N–H and O–H groups in total. The number of hydrogen-bond donors (Lipinski definition) is 1. The number of pyridine rings is 1. The van der Waals surface area contributed by atoms with Crippen molar-refractivity contribution in [1.82, 2.24) is 14.9 Å². The summed E-state index contributed by atoms with van der Waals surface area (Å²) in [5.41, 5.74) is 1.84. The molecule has 0 aliphatic carbocycles. The van der Waals surface area contributed by atoms with Gasteiger partial charge in [-0.25, -0.2) is 8.91 Å². The van der Waals surface area contributed by atoms with E-state index in [2.05, 4.69) is 10.4 Å². The van der Waals surface area contributed by atoms with E-state index in [1.54, 1.807) is 28.9 Å². The Hall–Kier alpha value is -2.40. The maximum atomic E-state index is 12.8. The molecule has 0 saturated carbocycles. The first kappa shape index (κ1) is 14.5. The van der Waals surface area contributed by atoms with Crippen molar-refractivity contribution in [2.75, 3.05) is 6.54 Å². The van der Waals surface area contributed by atoms with Crippen LogP contribution in [-0.4, -0.2) is 22.1 Å². The number of carbonyl (C=O) groups excluding carboxylic acids is 1. The van der Waals surface area contributed by atoms with Crippen LogP contribution in [0.25, 0.3) is 5.52 Å². The molecule has 0 spiro atoms. The van der Waals surface area contributed by atoms with Crippen LogP contribution in [0.2, 0.25) is 5.02 Å². The molecular formula is C16H13ClFN3O. The third kappa shape index (κ3) is 2.94. The van der Waals surface area contributed by atoms with Gasteiger partial charge in [-0.2, -0.15) is 5.10 Å². The summed E-state index contributed by atoms with van der Waals surface area (Å²) >= 11 is 6.18. The van der Waals surface area contributed by atoms with Gasteiger partial charge < -0.3 is 5.32 Å². The van der Waals surface area contributed by atoms with E-state index in [-0.39, 0.29) is 17.4 Å². The first-order chi connectivity index (χ1) is 10.6. The lowest BCUT2D eigenvalue weighted by Gasteiger charge is -2.04. The van der Waals surface area contributed by atoms with Gasteiger partial charge in [0.25, 0.3) is 5.91 Å². The average Bonchev–Trinajstić information content (AvgIpc) is 2.87. The molecule has 4 nitrogen and oxygen atoms in total. The van der Waals surface area contributed by atoms with E-state index in [0.29, 0.717) is 23.5 Å². The number of hydrogen-bond acceptors (Lipinski definition) is 2. The number of nitrogens with zero attached hydrogens (tertiary/aromatic N) is 2. The molecule has 3 aromatic rings. The van der Waals surface area contributed by atoms with Crippen LogP contribution in [0.3, 0.4) is 0 Å². The van der Waals surface area contributed by atoms with E-state index >= 15 is 0 Å². The number of nitrogens with one attached hydrogen (secondary N) is 1. The van der Waals surface area contributed by atoms with Gasteiger partial charge in [0.15, 0.2) is 5.69 Å². The van der Waals surface area contributed by atoms with Gasteiger partial charge >= 0.3 is 0 Å². The minimum Gasteiger partial charge on any atom is -0.350 e. The first-order valence-electron chi connectivity index (χ1n) is 6.80. The molecule has 2 heterocycles. The standard InChI is InChI=1S/C16H13ClFN3O/c17-14-13-3-1-2-10-21(13)20-15(14)16(22)19-9-8-11-4-6-12(18)7-5-11/h1-7,10H,8-9H2,(H,19,22). The number of benzene rings is 1. The van der Waals surface area contributed by atoms with Crippen LogP contribution in [0.1, 0.15) is 16.1 Å². The lowest BCUT2D eigenvalue weighted by Crippen LogP contribution is -2.26. The van der Waals surface area contributed by atoms with Gasteiger partial charge in [-0.15, -0.1) is 0 Å². The molecule has 1 aromatic carbocycles. The van der Waals surface area contributed by atoms with Crippen molar-refractivity contribution in [2.45, 2.75) is 6.42 Å². The van der Waals surface area contributed by atoms with Crippen LogP contribution in [0.4, 0.5) is 4.39 Å². The number of carbonyl (C=O) groups is 1. The van der Waals surface area contributed by atoms with Gasteiger partial charge in [-0.05, 0) is 36.2 Å². The van der Waals surface area contributed by atoms with Crippen LogP contribution in [0.5, 0.6) is 0 Å². The number of aromatic nitrogens is 2. The molecule has 0 bridgehead atoms. The van der Waals surface area contributed by atoms with Gasteiger partial charge in [-0.1, -0.05) is 29.8 Å². The highest BCUT2D eigenvalue weighted by molar-refractivity contribution is 6.36. The quantitative estimate of drug-likeness (QED) is 0.803. The Balaban J connectivity index is 1.66. The molecule has 2 aromatic heterocycles. The molecule has 22 heavy (non-hydrogen) atoms. The normalized spacial score (nSPS) is 10.8. The Kier molecular flexibility index (Phi) is 4.06. The van der Waals surface area contributed by atoms with E-state index in [1.165, 1.54) is 12.1 Å². The Labute approximate surface area is 131 Å². The van der Waals surface area contributed by atoms with E-state index in [0.717, 1.165) is 5.56 Å².